The highest BCUT2D eigenvalue weighted by atomic mass is 32.1. The molecule has 7 heteroatoms. The zero-order valence-electron chi connectivity index (χ0n) is 16.5. The van der Waals surface area contributed by atoms with Gasteiger partial charge in [-0.05, 0) is 42.7 Å². The van der Waals surface area contributed by atoms with Crippen LogP contribution in [0.2, 0.25) is 0 Å². The summed E-state index contributed by atoms with van der Waals surface area (Å²) in [6, 6.07) is 11.8. The van der Waals surface area contributed by atoms with E-state index in [1.54, 1.807) is 23.7 Å². The highest BCUT2D eigenvalue weighted by molar-refractivity contribution is 7.12. The fourth-order valence-electron chi connectivity index (χ4n) is 3.49. The zero-order valence-corrected chi connectivity index (χ0v) is 17.4. The number of hydrogen-bond acceptors (Lipinski definition) is 5. The number of benzene rings is 1. The molecule has 4 rings (SSSR count). The molecular formula is C22H25N5OS. The van der Waals surface area contributed by atoms with Crippen LogP contribution < -0.4 is 10.1 Å². The lowest BCUT2D eigenvalue weighted by Crippen LogP contribution is -2.22. The van der Waals surface area contributed by atoms with E-state index in [0.717, 1.165) is 20.9 Å². The van der Waals surface area contributed by atoms with Crippen LogP contribution in [0.15, 0.2) is 53.8 Å². The van der Waals surface area contributed by atoms with Gasteiger partial charge in [0.1, 0.15) is 5.01 Å². The van der Waals surface area contributed by atoms with Gasteiger partial charge in [-0.3, -0.25) is 14.8 Å². The minimum Gasteiger partial charge on any atom is -0.348 e. The molecule has 0 aliphatic heterocycles. The number of hydrogen-bond donors (Lipinski definition) is 1. The van der Waals surface area contributed by atoms with Crippen molar-refractivity contribution in [2.45, 2.75) is 44.7 Å². The van der Waals surface area contributed by atoms with Crippen LogP contribution in [-0.4, -0.2) is 26.7 Å². The predicted octanol–water partition coefficient (Wildman–Crippen LogP) is 3.71. The Morgan fingerprint density at radius 3 is 2.59 bits per heavy atom. The second-order valence-electron chi connectivity index (χ2n) is 7.35. The van der Waals surface area contributed by atoms with Crippen molar-refractivity contribution >= 4 is 17.2 Å². The molecule has 1 aliphatic carbocycles. The van der Waals surface area contributed by atoms with Gasteiger partial charge in [0.2, 0.25) is 4.80 Å². The first-order valence-corrected chi connectivity index (χ1v) is 10.9. The molecule has 0 spiro atoms. The number of aryl methyl sites for hydroxylation is 1. The highest BCUT2D eigenvalue weighted by Crippen LogP contribution is 2.22. The van der Waals surface area contributed by atoms with Crippen LogP contribution in [-0.2, 0) is 13.6 Å². The van der Waals surface area contributed by atoms with Gasteiger partial charge >= 0.3 is 0 Å². The molecule has 1 aliphatic rings. The van der Waals surface area contributed by atoms with Crippen LogP contribution in [0.1, 0.15) is 48.0 Å². The first-order chi connectivity index (χ1) is 14.2. The van der Waals surface area contributed by atoms with E-state index < -0.39 is 0 Å². The summed E-state index contributed by atoms with van der Waals surface area (Å²) in [6.45, 7) is 0.484. The molecule has 29 heavy (non-hydrogen) atoms. The van der Waals surface area contributed by atoms with Gasteiger partial charge in [0.25, 0.3) is 5.91 Å². The number of pyridine rings is 1. The molecule has 0 atom stereocenters. The molecule has 1 saturated carbocycles. The quantitative estimate of drug-likeness (QED) is 0.701. The number of rotatable bonds is 5. The fourth-order valence-corrected chi connectivity index (χ4v) is 4.46. The van der Waals surface area contributed by atoms with Crippen molar-refractivity contribution in [2.24, 2.45) is 12.0 Å². The van der Waals surface area contributed by atoms with Crippen LogP contribution in [0.5, 0.6) is 0 Å². The molecule has 0 saturated heterocycles. The summed E-state index contributed by atoms with van der Waals surface area (Å²) >= 11 is 1.61. The Morgan fingerprint density at radius 2 is 1.86 bits per heavy atom. The molecule has 0 bridgehead atoms. The fraction of sp³-hybridized carbons (Fsp3) is 0.364. The minimum atomic E-state index is -0.0916. The first kappa shape index (κ1) is 19.5. The Balaban J connectivity index is 1.44. The maximum absolute atomic E-state index is 12.4. The monoisotopic (exact) mass is 407 g/mol. The summed E-state index contributed by atoms with van der Waals surface area (Å²) in [4.78, 5) is 22.2. The van der Waals surface area contributed by atoms with E-state index in [1.807, 2.05) is 48.1 Å². The van der Waals surface area contributed by atoms with E-state index in [-0.39, 0.29) is 5.91 Å². The summed E-state index contributed by atoms with van der Waals surface area (Å²) in [5.74, 6) is -0.0916. The molecule has 150 valence electrons. The summed E-state index contributed by atoms with van der Waals surface area (Å²) < 4.78 is 1.87. The van der Waals surface area contributed by atoms with E-state index in [0.29, 0.717) is 18.2 Å². The Kier molecular flexibility index (Phi) is 6.14. The molecule has 1 aromatic carbocycles. The third-order valence-corrected chi connectivity index (χ3v) is 6.23. The molecule has 6 nitrogen and oxygen atoms in total. The largest absolute Gasteiger partial charge is 0.348 e. The summed E-state index contributed by atoms with van der Waals surface area (Å²) in [6.07, 6.45) is 9.67. The van der Waals surface area contributed by atoms with E-state index in [2.05, 4.69) is 15.4 Å². The van der Waals surface area contributed by atoms with Gasteiger partial charge in [0, 0.05) is 37.1 Å². The number of carbonyl (C=O) groups excluding carboxylic acids is 1. The van der Waals surface area contributed by atoms with Gasteiger partial charge in [0.05, 0.1) is 6.04 Å². The van der Waals surface area contributed by atoms with E-state index in [9.17, 15) is 4.79 Å². The van der Waals surface area contributed by atoms with E-state index in [1.165, 1.54) is 32.1 Å². The van der Waals surface area contributed by atoms with E-state index in [4.69, 9.17) is 4.99 Å². The normalized spacial score (nSPS) is 15.4. The van der Waals surface area contributed by atoms with Gasteiger partial charge in [0.15, 0.2) is 0 Å². The lowest BCUT2D eigenvalue weighted by molar-refractivity contribution is 0.0951. The molecule has 2 aromatic heterocycles. The topological polar surface area (TPSA) is 72.2 Å². The van der Waals surface area contributed by atoms with Crippen molar-refractivity contribution in [2.75, 3.05) is 0 Å². The second kappa shape index (κ2) is 9.13. The van der Waals surface area contributed by atoms with Crippen molar-refractivity contribution in [1.29, 1.82) is 0 Å². The van der Waals surface area contributed by atoms with Gasteiger partial charge in [-0.2, -0.15) is 5.10 Å². The number of nitrogens with zero attached hydrogens (tertiary/aromatic N) is 4. The van der Waals surface area contributed by atoms with Crippen molar-refractivity contribution in [3.63, 3.8) is 0 Å². The van der Waals surface area contributed by atoms with Gasteiger partial charge < -0.3 is 5.32 Å². The highest BCUT2D eigenvalue weighted by Gasteiger charge is 2.13. The summed E-state index contributed by atoms with van der Waals surface area (Å²) in [7, 11) is 1.95. The van der Waals surface area contributed by atoms with Gasteiger partial charge in [-0.1, -0.05) is 42.7 Å². The lowest BCUT2D eigenvalue weighted by Gasteiger charge is -2.16. The molecular weight excluding hydrogens is 382 g/mol. The average molecular weight is 408 g/mol. The molecule has 1 fully saturated rings. The molecule has 1 N–H and O–H groups in total. The third-order valence-electron chi connectivity index (χ3n) is 5.17. The molecule has 0 radical (unpaired) electrons. The van der Waals surface area contributed by atoms with Crippen LogP contribution >= 0.6 is 11.3 Å². The van der Waals surface area contributed by atoms with Gasteiger partial charge in [-0.25, -0.2) is 4.68 Å². The van der Waals surface area contributed by atoms with Crippen LogP contribution in [0.3, 0.4) is 0 Å². The zero-order chi connectivity index (χ0) is 20.1. The SMILES string of the molecule is Cn1nc(-c2ccc(C(=O)NCc3ccncc3)cc2)s/c1=N/C1CCCCC1. The lowest BCUT2D eigenvalue weighted by atomic mass is 9.96. The maximum atomic E-state index is 12.4. The predicted molar refractivity (Wildman–Crippen MR) is 114 cm³/mol. The molecule has 2 heterocycles. The number of amides is 1. The molecule has 1 amide bonds. The van der Waals surface area contributed by atoms with E-state index >= 15 is 0 Å². The van der Waals surface area contributed by atoms with Crippen LogP contribution in [0.25, 0.3) is 10.6 Å². The second-order valence-corrected chi connectivity index (χ2v) is 8.31. The Bertz CT molecular complexity index is 1020. The maximum Gasteiger partial charge on any atom is 0.251 e. The first-order valence-electron chi connectivity index (χ1n) is 10.0. The summed E-state index contributed by atoms with van der Waals surface area (Å²) in [5.41, 5.74) is 2.66. The molecule has 3 aromatic rings. The van der Waals surface area contributed by atoms with Crippen molar-refractivity contribution < 1.29 is 4.79 Å². The van der Waals surface area contributed by atoms with Crippen molar-refractivity contribution in [1.82, 2.24) is 20.1 Å². The number of aromatic nitrogens is 3. The van der Waals surface area contributed by atoms with Crippen molar-refractivity contribution in [3.8, 4) is 10.6 Å². The number of nitrogens with one attached hydrogen (secondary N) is 1. The molecule has 0 unspecified atom stereocenters. The minimum absolute atomic E-state index is 0.0916. The summed E-state index contributed by atoms with van der Waals surface area (Å²) in [5, 5.41) is 8.49. The van der Waals surface area contributed by atoms with Gasteiger partial charge in [-0.15, -0.1) is 0 Å². The van der Waals surface area contributed by atoms with Crippen LogP contribution in [0, 0.1) is 0 Å². The Hall–Kier alpha value is -2.80. The Morgan fingerprint density at radius 1 is 1.14 bits per heavy atom. The third kappa shape index (κ3) is 4.98. The standard InChI is InChI=1S/C22H25N5OS/c1-27-22(25-19-5-3-2-4-6-19)29-21(26-27)18-9-7-17(8-10-18)20(28)24-15-16-11-13-23-14-12-16/h7-14,19H,2-6,15H2,1H3,(H,24,28)/b25-22+. The smallest absolute Gasteiger partial charge is 0.251 e. The van der Waals surface area contributed by atoms with Crippen LogP contribution in [0.4, 0.5) is 0 Å². The van der Waals surface area contributed by atoms with Crippen molar-refractivity contribution in [3.05, 3.63) is 64.7 Å². The Labute approximate surface area is 174 Å². The number of carbonyl (C=O) groups is 1. The average Bonchev–Trinajstić information content (AvgIpc) is 3.14.